The Morgan fingerprint density at radius 1 is 1.56 bits per heavy atom. The molecule has 2 atom stereocenters. The highest BCUT2D eigenvalue weighted by atomic mass is 16.5. The summed E-state index contributed by atoms with van der Waals surface area (Å²) in [4.78, 5) is 13.9. The van der Waals surface area contributed by atoms with Gasteiger partial charge in [-0.3, -0.25) is 4.79 Å². The molecule has 1 fully saturated rings. The van der Waals surface area contributed by atoms with Gasteiger partial charge in [-0.05, 0) is 19.3 Å². The van der Waals surface area contributed by atoms with Gasteiger partial charge in [0.15, 0.2) is 0 Å². The van der Waals surface area contributed by atoms with Gasteiger partial charge in [0.25, 0.3) is 0 Å². The molecule has 94 valence electrons. The molecule has 0 spiro atoms. The third-order valence-electron chi connectivity index (χ3n) is 3.20. The molecule has 4 nitrogen and oxygen atoms in total. The van der Waals surface area contributed by atoms with Crippen LogP contribution in [0, 0.1) is 11.8 Å². The maximum Gasteiger partial charge on any atom is 0.239 e. The lowest BCUT2D eigenvalue weighted by atomic mass is 10.0. The molecule has 1 rings (SSSR count). The summed E-state index contributed by atoms with van der Waals surface area (Å²) in [7, 11) is 0. The molecular formula is C12H24N2O2. The van der Waals surface area contributed by atoms with Gasteiger partial charge < -0.3 is 15.4 Å². The van der Waals surface area contributed by atoms with Gasteiger partial charge in [0.05, 0.1) is 12.6 Å². The number of amides is 1. The van der Waals surface area contributed by atoms with Crippen LogP contribution in [0.1, 0.15) is 27.2 Å². The van der Waals surface area contributed by atoms with Crippen molar-refractivity contribution in [2.45, 2.75) is 33.2 Å². The summed E-state index contributed by atoms with van der Waals surface area (Å²) in [6.45, 7) is 9.09. The highest BCUT2D eigenvalue weighted by Gasteiger charge is 2.26. The van der Waals surface area contributed by atoms with E-state index in [-0.39, 0.29) is 17.9 Å². The van der Waals surface area contributed by atoms with Crippen LogP contribution in [0.4, 0.5) is 0 Å². The molecule has 2 N–H and O–H groups in total. The zero-order chi connectivity index (χ0) is 12.1. The number of carbonyl (C=O) groups excluding carboxylic acids is 1. The van der Waals surface area contributed by atoms with Crippen LogP contribution >= 0.6 is 0 Å². The maximum absolute atomic E-state index is 12.1. The number of nitrogens with two attached hydrogens (primary N) is 1. The first-order valence-electron chi connectivity index (χ1n) is 6.18. The first-order valence-corrected chi connectivity index (χ1v) is 6.18. The largest absolute Gasteiger partial charge is 0.381 e. The van der Waals surface area contributed by atoms with Crippen molar-refractivity contribution in [3.8, 4) is 0 Å². The van der Waals surface area contributed by atoms with E-state index >= 15 is 0 Å². The number of hydrogen-bond donors (Lipinski definition) is 1. The fourth-order valence-electron chi connectivity index (χ4n) is 1.91. The Kier molecular flexibility index (Phi) is 5.22. The number of hydrogen-bond acceptors (Lipinski definition) is 3. The van der Waals surface area contributed by atoms with E-state index in [9.17, 15) is 4.79 Å². The zero-order valence-corrected chi connectivity index (χ0v) is 10.6. The van der Waals surface area contributed by atoms with Crippen LogP contribution in [-0.2, 0) is 9.53 Å². The fraction of sp³-hybridized carbons (Fsp3) is 0.917. The lowest BCUT2D eigenvalue weighted by molar-refractivity contribution is -0.134. The molecule has 0 aliphatic carbocycles. The van der Waals surface area contributed by atoms with Crippen molar-refractivity contribution in [2.75, 3.05) is 26.3 Å². The minimum absolute atomic E-state index is 0.0735. The van der Waals surface area contributed by atoms with Crippen molar-refractivity contribution in [2.24, 2.45) is 17.6 Å². The summed E-state index contributed by atoms with van der Waals surface area (Å²) >= 11 is 0. The summed E-state index contributed by atoms with van der Waals surface area (Å²) in [5.74, 6) is 0.758. The van der Waals surface area contributed by atoms with E-state index in [4.69, 9.17) is 10.5 Å². The Morgan fingerprint density at radius 3 is 2.69 bits per heavy atom. The quantitative estimate of drug-likeness (QED) is 0.759. The van der Waals surface area contributed by atoms with Crippen molar-refractivity contribution < 1.29 is 9.53 Å². The van der Waals surface area contributed by atoms with Gasteiger partial charge in [0.2, 0.25) is 5.91 Å². The van der Waals surface area contributed by atoms with Crippen molar-refractivity contribution in [1.82, 2.24) is 4.90 Å². The molecule has 0 aromatic rings. The van der Waals surface area contributed by atoms with Crippen LogP contribution in [0.15, 0.2) is 0 Å². The van der Waals surface area contributed by atoms with Crippen molar-refractivity contribution in [3.63, 3.8) is 0 Å². The lowest BCUT2D eigenvalue weighted by Crippen LogP contribution is -2.48. The molecule has 1 heterocycles. The maximum atomic E-state index is 12.1. The van der Waals surface area contributed by atoms with Gasteiger partial charge >= 0.3 is 0 Å². The van der Waals surface area contributed by atoms with Crippen LogP contribution in [-0.4, -0.2) is 43.2 Å². The first-order chi connectivity index (χ1) is 7.56. The number of likely N-dealkylation sites (N-methyl/N-ethyl adjacent to an activating group) is 1. The van der Waals surface area contributed by atoms with Gasteiger partial charge in [-0.1, -0.05) is 13.8 Å². The minimum Gasteiger partial charge on any atom is -0.381 e. The molecule has 1 amide bonds. The lowest BCUT2D eigenvalue weighted by Gasteiger charge is -2.28. The average Bonchev–Trinajstić information content (AvgIpc) is 2.76. The molecule has 1 aliphatic heterocycles. The highest BCUT2D eigenvalue weighted by molar-refractivity contribution is 5.81. The third-order valence-corrected chi connectivity index (χ3v) is 3.20. The van der Waals surface area contributed by atoms with Crippen LogP contribution in [0.5, 0.6) is 0 Å². The predicted molar refractivity (Wildman–Crippen MR) is 64.0 cm³/mol. The molecule has 1 saturated heterocycles. The summed E-state index contributed by atoms with van der Waals surface area (Å²) in [5.41, 5.74) is 5.89. The van der Waals surface area contributed by atoms with Gasteiger partial charge in [0.1, 0.15) is 0 Å². The fourth-order valence-corrected chi connectivity index (χ4v) is 1.91. The van der Waals surface area contributed by atoms with Crippen LogP contribution in [0.2, 0.25) is 0 Å². The highest BCUT2D eigenvalue weighted by Crippen LogP contribution is 2.15. The molecule has 1 aliphatic rings. The smallest absolute Gasteiger partial charge is 0.239 e. The van der Waals surface area contributed by atoms with E-state index < -0.39 is 0 Å². The second-order valence-electron chi connectivity index (χ2n) is 4.88. The topological polar surface area (TPSA) is 55.6 Å². The molecule has 1 unspecified atom stereocenters. The second kappa shape index (κ2) is 6.21. The van der Waals surface area contributed by atoms with Crippen LogP contribution in [0.3, 0.4) is 0 Å². The average molecular weight is 228 g/mol. The Bertz CT molecular complexity index is 225. The number of carbonyl (C=O) groups is 1. The molecule has 0 aromatic carbocycles. The van der Waals surface area contributed by atoms with Crippen LogP contribution in [0.25, 0.3) is 0 Å². The standard InChI is InChI=1S/C12H24N2O2/c1-4-14(7-10-5-6-16-8-10)12(15)11(13)9(2)3/h9-11H,4-8,13H2,1-3H3/t10?,11-/m1/s1. The van der Waals surface area contributed by atoms with E-state index in [0.717, 1.165) is 32.7 Å². The van der Waals surface area contributed by atoms with Crippen molar-refractivity contribution in [3.05, 3.63) is 0 Å². The van der Waals surface area contributed by atoms with Crippen molar-refractivity contribution >= 4 is 5.91 Å². The molecular weight excluding hydrogens is 204 g/mol. The van der Waals surface area contributed by atoms with Gasteiger partial charge in [-0.2, -0.15) is 0 Å². The summed E-state index contributed by atoms with van der Waals surface area (Å²) in [5, 5.41) is 0. The summed E-state index contributed by atoms with van der Waals surface area (Å²) in [6, 6.07) is -0.373. The molecule has 0 aromatic heterocycles. The second-order valence-corrected chi connectivity index (χ2v) is 4.88. The SMILES string of the molecule is CCN(CC1CCOC1)C(=O)[C@H](N)C(C)C. The predicted octanol–water partition coefficient (Wildman–Crippen LogP) is 0.855. The number of ether oxygens (including phenoxy) is 1. The van der Waals surface area contributed by atoms with Gasteiger partial charge in [-0.15, -0.1) is 0 Å². The minimum atomic E-state index is -0.373. The van der Waals surface area contributed by atoms with E-state index in [2.05, 4.69) is 0 Å². The Hall–Kier alpha value is -0.610. The third kappa shape index (κ3) is 3.46. The molecule has 16 heavy (non-hydrogen) atoms. The van der Waals surface area contributed by atoms with Crippen molar-refractivity contribution in [1.29, 1.82) is 0 Å². The van der Waals surface area contributed by atoms with Gasteiger partial charge in [0, 0.05) is 25.6 Å². The van der Waals surface area contributed by atoms with E-state index in [0.29, 0.717) is 5.92 Å². The molecule has 4 heteroatoms. The summed E-state index contributed by atoms with van der Waals surface area (Å²) < 4.78 is 5.32. The zero-order valence-electron chi connectivity index (χ0n) is 10.6. The molecule has 0 saturated carbocycles. The van der Waals surface area contributed by atoms with Crippen LogP contribution < -0.4 is 5.73 Å². The normalized spacial score (nSPS) is 22.4. The van der Waals surface area contributed by atoms with E-state index in [1.165, 1.54) is 0 Å². The molecule has 0 radical (unpaired) electrons. The Labute approximate surface area is 98.1 Å². The van der Waals surface area contributed by atoms with E-state index in [1.807, 2.05) is 25.7 Å². The Balaban J connectivity index is 2.48. The monoisotopic (exact) mass is 228 g/mol. The molecule has 0 bridgehead atoms. The number of nitrogens with zero attached hydrogens (tertiary/aromatic N) is 1. The number of rotatable bonds is 5. The van der Waals surface area contributed by atoms with Gasteiger partial charge in [-0.25, -0.2) is 0 Å². The Morgan fingerprint density at radius 2 is 2.25 bits per heavy atom. The van der Waals surface area contributed by atoms with E-state index in [1.54, 1.807) is 0 Å². The first kappa shape index (κ1) is 13.5. The summed E-state index contributed by atoms with van der Waals surface area (Å²) in [6.07, 6.45) is 1.06.